The first-order valence-electron chi connectivity index (χ1n) is 7.30. The molecule has 0 saturated carbocycles. The molecule has 0 aliphatic carbocycles. The molecule has 1 aliphatic heterocycles. The van der Waals surface area contributed by atoms with E-state index < -0.39 is 0 Å². The molecule has 1 fully saturated rings. The van der Waals surface area contributed by atoms with Crippen molar-refractivity contribution in [3.8, 4) is 0 Å². The van der Waals surface area contributed by atoms with Crippen molar-refractivity contribution < 1.29 is 4.52 Å². The number of piperazine rings is 1. The lowest BCUT2D eigenvalue weighted by molar-refractivity contribution is 0.0722. The van der Waals surface area contributed by atoms with E-state index in [9.17, 15) is 0 Å². The van der Waals surface area contributed by atoms with Gasteiger partial charge in [0.15, 0.2) is 5.82 Å². The van der Waals surface area contributed by atoms with E-state index >= 15 is 0 Å². The SMILES string of the molecule is CC(C)c1noc([C@H](C)N2CCN(C(C)C)CC2)n1. The average Bonchev–Trinajstić information content (AvgIpc) is 2.87. The number of hydrogen-bond acceptors (Lipinski definition) is 5. The monoisotopic (exact) mass is 266 g/mol. The van der Waals surface area contributed by atoms with Gasteiger partial charge in [-0.25, -0.2) is 0 Å². The average molecular weight is 266 g/mol. The number of hydrogen-bond donors (Lipinski definition) is 0. The molecule has 1 atom stereocenters. The van der Waals surface area contributed by atoms with E-state index in [1.165, 1.54) is 0 Å². The molecule has 0 radical (unpaired) electrons. The third kappa shape index (κ3) is 3.34. The maximum Gasteiger partial charge on any atom is 0.243 e. The highest BCUT2D eigenvalue weighted by Crippen LogP contribution is 2.22. The summed E-state index contributed by atoms with van der Waals surface area (Å²) < 4.78 is 5.40. The minimum absolute atomic E-state index is 0.217. The van der Waals surface area contributed by atoms with Gasteiger partial charge in [0.25, 0.3) is 0 Å². The Hall–Kier alpha value is -0.940. The highest BCUT2D eigenvalue weighted by Gasteiger charge is 2.26. The summed E-state index contributed by atoms with van der Waals surface area (Å²) in [6, 6.07) is 0.850. The second kappa shape index (κ2) is 6.01. The zero-order valence-electron chi connectivity index (χ0n) is 12.8. The molecule has 108 valence electrons. The van der Waals surface area contributed by atoms with Crippen LogP contribution in [0.3, 0.4) is 0 Å². The molecule has 0 amide bonds. The first-order chi connectivity index (χ1) is 8.99. The van der Waals surface area contributed by atoms with Crippen LogP contribution in [0.15, 0.2) is 4.52 Å². The molecule has 0 N–H and O–H groups in total. The summed E-state index contributed by atoms with van der Waals surface area (Å²) >= 11 is 0. The number of rotatable bonds is 4. The van der Waals surface area contributed by atoms with Crippen LogP contribution < -0.4 is 0 Å². The molecular formula is C14H26N4O. The Labute approximate surface area is 116 Å². The van der Waals surface area contributed by atoms with Gasteiger partial charge in [0.05, 0.1) is 6.04 Å². The first kappa shape index (κ1) is 14.5. The lowest BCUT2D eigenvalue weighted by atomic mass is 10.2. The van der Waals surface area contributed by atoms with Gasteiger partial charge in [0, 0.05) is 38.1 Å². The van der Waals surface area contributed by atoms with Crippen LogP contribution in [-0.4, -0.2) is 52.2 Å². The maximum atomic E-state index is 5.40. The maximum absolute atomic E-state index is 5.40. The van der Waals surface area contributed by atoms with Crippen LogP contribution in [0.2, 0.25) is 0 Å². The first-order valence-corrected chi connectivity index (χ1v) is 7.30. The van der Waals surface area contributed by atoms with Crippen LogP contribution >= 0.6 is 0 Å². The van der Waals surface area contributed by atoms with Gasteiger partial charge < -0.3 is 4.52 Å². The molecule has 2 rings (SSSR count). The van der Waals surface area contributed by atoms with Gasteiger partial charge >= 0.3 is 0 Å². The fraction of sp³-hybridized carbons (Fsp3) is 0.857. The van der Waals surface area contributed by atoms with E-state index in [0.717, 1.165) is 37.9 Å². The molecule has 5 heteroatoms. The lowest BCUT2D eigenvalue weighted by Gasteiger charge is -2.38. The van der Waals surface area contributed by atoms with Crippen LogP contribution in [0.25, 0.3) is 0 Å². The standard InChI is InChI=1S/C14H26N4O/c1-10(2)13-15-14(19-16-13)12(5)18-8-6-17(7-9-18)11(3)4/h10-12H,6-9H2,1-5H3/t12-/m0/s1. The quantitative estimate of drug-likeness (QED) is 0.836. The molecule has 19 heavy (non-hydrogen) atoms. The Morgan fingerprint density at radius 1 is 0.947 bits per heavy atom. The van der Waals surface area contributed by atoms with Crippen molar-refractivity contribution in [2.24, 2.45) is 0 Å². The summed E-state index contributed by atoms with van der Waals surface area (Å²) in [4.78, 5) is 9.44. The summed E-state index contributed by atoms with van der Waals surface area (Å²) in [6.07, 6.45) is 0. The molecule has 5 nitrogen and oxygen atoms in total. The van der Waals surface area contributed by atoms with E-state index in [0.29, 0.717) is 12.0 Å². The molecule has 0 spiro atoms. The topological polar surface area (TPSA) is 45.4 Å². The molecule has 0 unspecified atom stereocenters. The fourth-order valence-corrected chi connectivity index (χ4v) is 2.45. The summed E-state index contributed by atoms with van der Waals surface area (Å²) in [6.45, 7) is 15.2. The zero-order chi connectivity index (χ0) is 14.0. The summed E-state index contributed by atoms with van der Waals surface area (Å²) in [5.74, 6) is 1.88. The lowest BCUT2D eigenvalue weighted by Crippen LogP contribution is -2.49. The highest BCUT2D eigenvalue weighted by atomic mass is 16.5. The second-order valence-electron chi connectivity index (χ2n) is 5.99. The van der Waals surface area contributed by atoms with Gasteiger partial charge in [0.2, 0.25) is 5.89 Å². The third-order valence-corrected chi connectivity index (χ3v) is 3.96. The third-order valence-electron chi connectivity index (χ3n) is 3.96. The van der Waals surface area contributed by atoms with E-state index in [1.54, 1.807) is 0 Å². The largest absolute Gasteiger partial charge is 0.338 e. The van der Waals surface area contributed by atoms with E-state index in [1.807, 2.05) is 0 Å². The van der Waals surface area contributed by atoms with E-state index in [2.05, 4.69) is 54.6 Å². The van der Waals surface area contributed by atoms with Crippen molar-refractivity contribution in [3.63, 3.8) is 0 Å². The van der Waals surface area contributed by atoms with Gasteiger partial charge in [-0.15, -0.1) is 0 Å². The van der Waals surface area contributed by atoms with Crippen LogP contribution in [0.4, 0.5) is 0 Å². The zero-order valence-corrected chi connectivity index (χ0v) is 12.8. The van der Waals surface area contributed by atoms with Gasteiger partial charge in [-0.3, -0.25) is 9.80 Å². The predicted octanol–water partition coefficient (Wildman–Crippen LogP) is 2.28. The normalized spacial score (nSPS) is 20.4. The van der Waals surface area contributed by atoms with Crippen molar-refractivity contribution >= 4 is 0 Å². The number of nitrogens with zero attached hydrogens (tertiary/aromatic N) is 4. The minimum Gasteiger partial charge on any atom is -0.338 e. The molecule has 0 aromatic carbocycles. The van der Waals surface area contributed by atoms with Crippen LogP contribution in [0.1, 0.15) is 58.3 Å². The van der Waals surface area contributed by atoms with Crippen molar-refractivity contribution in [1.82, 2.24) is 19.9 Å². The van der Waals surface area contributed by atoms with Gasteiger partial charge in [0.1, 0.15) is 0 Å². The van der Waals surface area contributed by atoms with Gasteiger partial charge in [-0.2, -0.15) is 4.98 Å². The van der Waals surface area contributed by atoms with Crippen molar-refractivity contribution in [2.45, 2.75) is 52.6 Å². The predicted molar refractivity (Wildman–Crippen MR) is 75.1 cm³/mol. The Morgan fingerprint density at radius 3 is 2.00 bits per heavy atom. The summed E-state index contributed by atoms with van der Waals surface area (Å²) in [5, 5.41) is 4.05. The van der Waals surface area contributed by atoms with Crippen LogP contribution in [0, 0.1) is 0 Å². The molecule has 1 saturated heterocycles. The summed E-state index contributed by atoms with van der Waals surface area (Å²) in [7, 11) is 0. The van der Waals surface area contributed by atoms with Crippen molar-refractivity contribution in [1.29, 1.82) is 0 Å². The van der Waals surface area contributed by atoms with Gasteiger partial charge in [-0.1, -0.05) is 19.0 Å². The van der Waals surface area contributed by atoms with Crippen molar-refractivity contribution in [3.05, 3.63) is 11.7 Å². The number of aromatic nitrogens is 2. The van der Waals surface area contributed by atoms with Crippen LogP contribution in [-0.2, 0) is 0 Å². The Kier molecular flexibility index (Phi) is 4.58. The highest BCUT2D eigenvalue weighted by molar-refractivity contribution is 4.96. The molecule has 2 heterocycles. The summed E-state index contributed by atoms with van der Waals surface area (Å²) in [5.41, 5.74) is 0. The minimum atomic E-state index is 0.217. The molecule has 1 aromatic heterocycles. The van der Waals surface area contributed by atoms with Gasteiger partial charge in [-0.05, 0) is 20.8 Å². The molecule has 1 aliphatic rings. The second-order valence-corrected chi connectivity index (χ2v) is 5.99. The Morgan fingerprint density at radius 2 is 1.53 bits per heavy atom. The smallest absolute Gasteiger partial charge is 0.243 e. The Balaban J connectivity index is 1.95. The fourth-order valence-electron chi connectivity index (χ4n) is 2.45. The van der Waals surface area contributed by atoms with E-state index in [4.69, 9.17) is 4.52 Å². The Bertz CT molecular complexity index is 394. The van der Waals surface area contributed by atoms with Crippen molar-refractivity contribution in [2.75, 3.05) is 26.2 Å². The van der Waals surface area contributed by atoms with Crippen LogP contribution in [0.5, 0.6) is 0 Å². The van der Waals surface area contributed by atoms with E-state index in [-0.39, 0.29) is 6.04 Å². The molecule has 1 aromatic rings. The molecular weight excluding hydrogens is 240 g/mol. The molecule has 0 bridgehead atoms.